The van der Waals surface area contributed by atoms with Crippen molar-refractivity contribution in [3.05, 3.63) is 23.8 Å². The van der Waals surface area contributed by atoms with Crippen molar-refractivity contribution in [2.24, 2.45) is 0 Å². The third-order valence-electron chi connectivity index (χ3n) is 2.59. The third-order valence-corrected chi connectivity index (χ3v) is 2.59. The zero-order chi connectivity index (χ0) is 13.1. The predicted octanol–water partition coefficient (Wildman–Crippen LogP) is 3.13. The molecule has 98 valence electrons. The largest absolute Gasteiger partial charge is 0.481 e. The summed E-state index contributed by atoms with van der Waals surface area (Å²) in [5.41, 5.74) is 0.929. The van der Waals surface area contributed by atoms with Crippen molar-refractivity contribution in [3.63, 3.8) is 0 Å². The summed E-state index contributed by atoms with van der Waals surface area (Å²) in [7, 11) is 0. The normalized spacial score (nSPS) is 15.6. The van der Waals surface area contributed by atoms with Gasteiger partial charge in [0.2, 0.25) is 0 Å². The van der Waals surface area contributed by atoms with Crippen LogP contribution in [0, 0.1) is 0 Å². The molecular formula is C14H25NO2. The van der Waals surface area contributed by atoms with Gasteiger partial charge in [-0.1, -0.05) is 32.1 Å². The molecule has 0 aromatic rings. The molecular weight excluding hydrogens is 214 g/mol. The Balaban J connectivity index is 0.000000325. The summed E-state index contributed by atoms with van der Waals surface area (Å²) in [6.07, 6.45) is 9.30. The van der Waals surface area contributed by atoms with Crippen molar-refractivity contribution in [2.45, 2.75) is 52.5 Å². The number of aliphatic carboxylic acids is 1. The molecule has 1 atom stereocenters. The monoisotopic (exact) mass is 239 g/mol. The highest BCUT2D eigenvalue weighted by Gasteiger charge is 2.01. The van der Waals surface area contributed by atoms with Crippen LogP contribution in [0.4, 0.5) is 0 Å². The van der Waals surface area contributed by atoms with Crippen molar-refractivity contribution in [1.29, 1.82) is 0 Å². The van der Waals surface area contributed by atoms with Crippen LogP contribution < -0.4 is 5.32 Å². The molecule has 1 unspecified atom stereocenters. The molecule has 2 N–H and O–H groups in total. The van der Waals surface area contributed by atoms with E-state index in [1.165, 1.54) is 6.42 Å². The van der Waals surface area contributed by atoms with E-state index in [1.54, 1.807) is 0 Å². The Hall–Kier alpha value is -1.09. The van der Waals surface area contributed by atoms with Crippen LogP contribution >= 0.6 is 0 Å². The van der Waals surface area contributed by atoms with E-state index in [0.29, 0.717) is 6.04 Å². The molecule has 3 nitrogen and oxygen atoms in total. The second-order valence-electron chi connectivity index (χ2n) is 4.20. The van der Waals surface area contributed by atoms with Crippen LogP contribution in [-0.4, -0.2) is 23.7 Å². The van der Waals surface area contributed by atoms with Gasteiger partial charge in [-0.2, -0.15) is 0 Å². The summed E-state index contributed by atoms with van der Waals surface area (Å²) in [5.74, 6) is -0.752. The lowest BCUT2D eigenvalue weighted by molar-refractivity contribution is -0.136. The van der Waals surface area contributed by atoms with E-state index < -0.39 is 5.97 Å². The zero-order valence-corrected chi connectivity index (χ0v) is 11.2. The van der Waals surface area contributed by atoms with Crippen LogP contribution in [0.2, 0.25) is 0 Å². The van der Waals surface area contributed by atoms with E-state index in [9.17, 15) is 4.79 Å². The van der Waals surface area contributed by atoms with Crippen molar-refractivity contribution < 1.29 is 9.90 Å². The predicted molar refractivity (Wildman–Crippen MR) is 72.1 cm³/mol. The zero-order valence-electron chi connectivity index (χ0n) is 11.2. The molecule has 0 saturated heterocycles. The first-order valence-corrected chi connectivity index (χ1v) is 6.40. The Labute approximate surface area is 105 Å². The number of rotatable bonds is 5. The average Bonchev–Trinajstić information content (AvgIpc) is 2.30. The fraction of sp³-hybridized carbons (Fsp3) is 0.643. The van der Waals surface area contributed by atoms with Gasteiger partial charge in [-0.15, -0.1) is 0 Å². The molecule has 0 amide bonds. The molecule has 0 bridgehead atoms. The minimum absolute atomic E-state index is 0.163. The molecule has 17 heavy (non-hydrogen) atoms. The summed E-state index contributed by atoms with van der Waals surface area (Å²) in [5, 5.41) is 11.7. The topological polar surface area (TPSA) is 49.3 Å². The molecule has 0 radical (unpaired) electrons. The van der Waals surface area contributed by atoms with Crippen molar-refractivity contribution in [3.8, 4) is 0 Å². The number of carboxylic acid groups (broad SMARTS) is 1. The van der Waals surface area contributed by atoms with E-state index >= 15 is 0 Å². The van der Waals surface area contributed by atoms with E-state index in [1.807, 2.05) is 18.2 Å². The fourth-order valence-corrected chi connectivity index (χ4v) is 1.47. The fourth-order valence-electron chi connectivity index (χ4n) is 1.47. The third kappa shape index (κ3) is 9.82. The maximum atomic E-state index is 10.2. The Kier molecular flexibility index (Phi) is 9.44. The van der Waals surface area contributed by atoms with Crippen LogP contribution in [0.25, 0.3) is 0 Å². The highest BCUT2D eigenvalue weighted by molar-refractivity contribution is 5.71. The quantitative estimate of drug-likeness (QED) is 0.775. The van der Waals surface area contributed by atoms with Crippen LogP contribution in [0.15, 0.2) is 23.8 Å². The Morgan fingerprint density at radius 3 is 2.53 bits per heavy atom. The second kappa shape index (κ2) is 10.1. The number of allylic oxidation sites excluding steroid dienone is 3. The Morgan fingerprint density at radius 2 is 2.18 bits per heavy atom. The first-order chi connectivity index (χ1) is 8.10. The van der Waals surface area contributed by atoms with Gasteiger partial charge in [0.15, 0.2) is 0 Å². The molecule has 0 fully saturated rings. The minimum atomic E-state index is -0.752. The summed E-state index contributed by atoms with van der Waals surface area (Å²) < 4.78 is 0. The smallest absolute Gasteiger partial charge is 0.307 e. The Bertz CT molecular complexity index is 269. The van der Waals surface area contributed by atoms with Gasteiger partial charge in [0.1, 0.15) is 0 Å². The maximum Gasteiger partial charge on any atom is 0.307 e. The molecule has 1 aliphatic carbocycles. The number of hydrogen-bond acceptors (Lipinski definition) is 2. The summed E-state index contributed by atoms with van der Waals surface area (Å²) in [4.78, 5) is 10.2. The number of hydrogen-bond donors (Lipinski definition) is 2. The average molecular weight is 239 g/mol. The molecule has 3 heteroatoms. The van der Waals surface area contributed by atoms with E-state index in [0.717, 1.165) is 25.0 Å². The molecule has 0 aliphatic heterocycles. The van der Waals surface area contributed by atoms with Gasteiger partial charge in [-0.25, -0.2) is 0 Å². The molecule has 0 aromatic carbocycles. The van der Waals surface area contributed by atoms with Crippen LogP contribution in [-0.2, 0) is 4.79 Å². The molecule has 0 spiro atoms. The molecule has 0 aromatic heterocycles. The minimum Gasteiger partial charge on any atom is -0.481 e. The standard InChI is InChI=1S/C8H10O2.C6H15N/c9-8(10)6-7-4-2-1-3-5-7;1-4-6(3)7-5-2/h2,4-5H,1,3,6H2,(H,9,10);6-7H,4-5H2,1-3H3. The summed E-state index contributed by atoms with van der Waals surface area (Å²) in [6.45, 7) is 7.61. The van der Waals surface area contributed by atoms with Gasteiger partial charge >= 0.3 is 5.97 Å². The molecule has 0 saturated carbocycles. The first-order valence-electron chi connectivity index (χ1n) is 6.40. The van der Waals surface area contributed by atoms with Gasteiger partial charge < -0.3 is 10.4 Å². The second-order valence-corrected chi connectivity index (χ2v) is 4.20. The maximum absolute atomic E-state index is 10.2. The van der Waals surface area contributed by atoms with E-state index in [-0.39, 0.29) is 6.42 Å². The van der Waals surface area contributed by atoms with Gasteiger partial charge in [-0.05, 0) is 38.3 Å². The highest BCUT2D eigenvalue weighted by Crippen LogP contribution is 2.12. The lowest BCUT2D eigenvalue weighted by Gasteiger charge is -2.06. The Morgan fingerprint density at radius 1 is 1.47 bits per heavy atom. The molecule has 0 heterocycles. The number of carboxylic acids is 1. The van der Waals surface area contributed by atoms with Crippen LogP contribution in [0.1, 0.15) is 46.5 Å². The lowest BCUT2D eigenvalue weighted by Crippen LogP contribution is -2.24. The molecule has 1 rings (SSSR count). The number of nitrogens with one attached hydrogen (secondary N) is 1. The van der Waals surface area contributed by atoms with Gasteiger partial charge in [0, 0.05) is 6.04 Å². The first kappa shape index (κ1) is 15.9. The van der Waals surface area contributed by atoms with Crippen LogP contribution in [0.3, 0.4) is 0 Å². The highest BCUT2D eigenvalue weighted by atomic mass is 16.4. The van der Waals surface area contributed by atoms with Gasteiger partial charge in [0.05, 0.1) is 6.42 Å². The van der Waals surface area contributed by atoms with Gasteiger partial charge in [-0.3, -0.25) is 4.79 Å². The van der Waals surface area contributed by atoms with Crippen molar-refractivity contribution >= 4 is 5.97 Å². The summed E-state index contributed by atoms with van der Waals surface area (Å²) >= 11 is 0. The van der Waals surface area contributed by atoms with Crippen LogP contribution in [0.5, 0.6) is 0 Å². The lowest BCUT2D eigenvalue weighted by atomic mass is 10.0. The van der Waals surface area contributed by atoms with Gasteiger partial charge in [0.25, 0.3) is 0 Å². The molecule has 1 aliphatic rings. The van der Waals surface area contributed by atoms with Crippen molar-refractivity contribution in [1.82, 2.24) is 5.32 Å². The number of carbonyl (C=O) groups is 1. The van der Waals surface area contributed by atoms with E-state index in [2.05, 4.69) is 26.1 Å². The SMILES string of the molecule is CCNC(C)CC.O=C(O)CC1=CCCC=C1. The summed E-state index contributed by atoms with van der Waals surface area (Å²) in [6, 6.07) is 0.699. The van der Waals surface area contributed by atoms with E-state index in [4.69, 9.17) is 5.11 Å². The van der Waals surface area contributed by atoms with Crippen molar-refractivity contribution in [2.75, 3.05) is 6.54 Å².